The molecule has 1 unspecified atom stereocenters. The summed E-state index contributed by atoms with van der Waals surface area (Å²) in [4.78, 5) is 6.60. The number of anilines is 1. The van der Waals surface area contributed by atoms with Crippen LogP contribution < -0.4 is 10.2 Å². The van der Waals surface area contributed by atoms with Gasteiger partial charge in [-0.15, -0.1) is 0 Å². The number of hydrogen-bond donors (Lipinski definition) is 2. The van der Waals surface area contributed by atoms with E-state index in [0.29, 0.717) is 12.5 Å². The predicted octanol–water partition coefficient (Wildman–Crippen LogP) is 1.40. The second kappa shape index (κ2) is 6.16. The van der Waals surface area contributed by atoms with Crippen molar-refractivity contribution in [2.24, 2.45) is 5.92 Å². The lowest BCUT2D eigenvalue weighted by atomic mass is 10.2. The Morgan fingerprint density at radius 1 is 1.50 bits per heavy atom. The summed E-state index contributed by atoms with van der Waals surface area (Å²) in [5, 5.41) is 12.9. The number of aromatic nitrogens is 1. The minimum atomic E-state index is -0.195. The monoisotopic (exact) mass is 249 g/mol. The molecule has 1 fully saturated rings. The van der Waals surface area contributed by atoms with Gasteiger partial charge in [-0.3, -0.25) is 0 Å². The molecule has 1 aliphatic heterocycles. The third-order valence-corrected chi connectivity index (χ3v) is 3.18. The van der Waals surface area contributed by atoms with Crippen LogP contribution in [-0.4, -0.2) is 35.8 Å². The minimum absolute atomic E-state index is 0.195. The van der Waals surface area contributed by atoms with Gasteiger partial charge in [-0.05, 0) is 30.5 Å². The first-order chi connectivity index (χ1) is 8.65. The maximum absolute atomic E-state index is 9.50. The van der Waals surface area contributed by atoms with Crippen molar-refractivity contribution in [2.45, 2.75) is 32.9 Å². The van der Waals surface area contributed by atoms with Crippen LogP contribution in [-0.2, 0) is 6.54 Å². The van der Waals surface area contributed by atoms with Gasteiger partial charge in [0.05, 0.1) is 6.10 Å². The maximum Gasteiger partial charge on any atom is 0.128 e. The van der Waals surface area contributed by atoms with E-state index < -0.39 is 0 Å². The highest BCUT2D eigenvalue weighted by Gasteiger charge is 2.20. The lowest BCUT2D eigenvalue weighted by Gasteiger charge is -2.16. The Kier molecular flexibility index (Phi) is 4.55. The van der Waals surface area contributed by atoms with Crippen LogP contribution in [0, 0.1) is 5.92 Å². The van der Waals surface area contributed by atoms with Crippen molar-refractivity contribution in [1.29, 1.82) is 0 Å². The number of nitrogens with one attached hydrogen (secondary N) is 1. The summed E-state index contributed by atoms with van der Waals surface area (Å²) >= 11 is 0. The SMILES string of the molecule is CC(C)CNCc1ccc(N2CCC(O)C2)nc1. The first kappa shape index (κ1) is 13.3. The highest BCUT2D eigenvalue weighted by molar-refractivity contribution is 5.40. The van der Waals surface area contributed by atoms with E-state index in [1.807, 2.05) is 12.3 Å². The zero-order valence-electron chi connectivity index (χ0n) is 11.3. The second-order valence-corrected chi connectivity index (χ2v) is 5.44. The van der Waals surface area contributed by atoms with Crippen LogP contribution in [0.15, 0.2) is 18.3 Å². The molecule has 0 radical (unpaired) electrons. The van der Waals surface area contributed by atoms with E-state index in [9.17, 15) is 5.11 Å². The van der Waals surface area contributed by atoms with Gasteiger partial charge in [0.15, 0.2) is 0 Å². The summed E-state index contributed by atoms with van der Waals surface area (Å²) in [5.41, 5.74) is 1.21. The zero-order valence-corrected chi connectivity index (χ0v) is 11.3. The molecule has 0 aliphatic carbocycles. The predicted molar refractivity (Wildman–Crippen MR) is 73.6 cm³/mol. The molecule has 1 aliphatic rings. The molecule has 1 saturated heterocycles. The van der Waals surface area contributed by atoms with E-state index in [1.165, 1.54) is 5.56 Å². The smallest absolute Gasteiger partial charge is 0.128 e. The molecule has 4 heteroatoms. The van der Waals surface area contributed by atoms with Gasteiger partial charge < -0.3 is 15.3 Å². The summed E-state index contributed by atoms with van der Waals surface area (Å²) in [6.07, 6.45) is 2.58. The van der Waals surface area contributed by atoms with E-state index in [0.717, 1.165) is 31.9 Å². The van der Waals surface area contributed by atoms with Crippen molar-refractivity contribution < 1.29 is 5.11 Å². The fourth-order valence-electron chi connectivity index (χ4n) is 2.16. The van der Waals surface area contributed by atoms with Crippen LogP contribution in [0.2, 0.25) is 0 Å². The fraction of sp³-hybridized carbons (Fsp3) is 0.643. The van der Waals surface area contributed by atoms with Crippen molar-refractivity contribution >= 4 is 5.82 Å². The molecular formula is C14H23N3O. The van der Waals surface area contributed by atoms with Crippen molar-refractivity contribution in [2.75, 3.05) is 24.5 Å². The molecule has 100 valence electrons. The molecule has 0 spiro atoms. The molecule has 1 aromatic rings. The summed E-state index contributed by atoms with van der Waals surface area (Å²) in [6.45, 7) is 7.91. The van der Waals surface area contributed by atoms with Crippen LogP contribution in [0.4, 0.5) is 5.82 Å². The van der Waals surface area contributed by atoms with Gasteiger partial charge >= 0.3 is 0 Å². The molecule has 18 heavy (non-hydrogen) atoms. The summed E-state index contributed by atoms with van der Waals surface area (Å²) in [6, 6.07) is 4.16. The summed E-state index contributed by atoms with van der Waals surface area (Å²) < 4.78 is 0. The molecule has 4 nitrogen and oxygen atoms in total. The van der Waals surface area contributed by atoms with Crippen molar-refractivity contribution in [3.63, 3.8) is 0 Å². The minimum Gasteiger partial charge on any atom is -0.391 e. The number of pyridine rings is 1. The Balaban J connectivity index is 1.85. The van der Waals surface area contributed by atoms with Crippen LogP contribution in [0.3, 0.4) is 0 Å². The number of rotatable bonds is 5. The number of aliphatic hydroxyl groups excluding tert-OH is 1. The Bertz CT molecular complexity index is 364. The first-order valence-electron chi connectivity index (χ1n) is 6.74. The quantitative estimate of drug-likeness (QED) is 0.828. The van der Waals surface area contributed by atoms with Crippen LogP contribution in [0.1, 0.15) is 25.8 Å². The first-order valence-corrected chi connectivity index (χ1v) is 6.74. The van der Waals surface area contributed by atoms with E-state index in [2.05, 4.69) is 35.1 Å². The highest BCUT2D eigenvalue weighted by atomic mass is 16.3. The zero-order chi connectivity index (χ0) is 13.0. The third-order valence-electron chi connectivity index (χ3n) is 3.18. The topological polar surface area (TPSA) is 48.4 Å². The molecule has 0 aromatic carbocycles. The lowest BCUT2D eigenvalue weighted by molar-refractivity contribution is 0.198. The van der Waals surface area contributed by atoms with Gasteiger partial charge in [0.25, 0.3) is 0 Å². The van der Waals surface area contributed by atoms with Gasteiger partial charge in [0.1, 0.15) is 5.82 Å². The number of β-amino-alcohol motifs (C(OH)–C–C–N with tert-alkyl or cyclic N) is 1. The molecule has 2 heterocycles. The van der Waals surface area contributed by atoms with Gasteiger partial charge in [-0.1, -0.05) is 19.9 Å². The highest BCUT2D eigenvalue weighted by Crippen LogP contribution is 2.17. The molecule has 1 aromatic heterocycles. The van der Waals surface area contributed by atoms with E-state index in [1.54, 1.807) is 0 Å². The molecule has 1 atom stereocenters. The van der Waals surface area contributed by atoms with Gasteiger partial charge in [0, 0.05) is 25.8 Å². The van der Waals surface area contributed by atoms with Crippen LogP contribution >= 0.6 is 0 Å². The normalized spacial score (nSPS) is 19.8. The number of nitrogens with zero attached hydrogens (tertiary/aromatic N) is 2. The average Bonchev–Trinajstić information content (AvgIpc) is 2.76. The van der Waals surface area contributed by atoms with E-state index in [4.69, 9.17) is 0 Å². The van der Waals surface area contributed by atoms with Gasteiger partial charge in [-0.2, -0.15) is 0 Å². The number of hydrogen-bond acceptors (Lipinski definition) is 4. The van der Waals surface area contributed by atoms with E-state index >= 15 is 0 Å². The summed E-state index contributed by atoms with van der Waals surface area (Å²) in [5.74, 6) is 1.64. The fourth-order valence-corrected chi connectivity index (χ4v) is 2.16. The average molecular weight is 249 g/mol. The molecule has 0 amide bonds. The molecule has 0 bridgehead atoms. The van der Waals surface area contributed by atoms with Crippen molar-refractivity contribution in [1.82, 2.24) is 10.3 Å². The van der Waals surface area contributed by atoms with Crippen LogP contribution in [0.5, 0.6) is 0 Å². The lowest BCUT2D eigenvalue weighted by Crippen LogP contribution is -2.22. The summed E-state index contributed by atoms with van der Waals surface area (Å²) in [7, 11) is 0. The molecule has 0 saturated carbocycles. The largest absolute Gasteiger partial charge is 0.391 e. The Morgan fingerprint density at radius 3 is 2.89 bits per heavy atom. The Hall–Kier alpha value is -1.13. The molecular weight excluding hydrogens is 226 g/mol. The van der Waals surface area contributed by atoms with E-state index in [-0.39, 0.29) is 6.10 Å². The number of aliphatic hydroxyl groups is 1. The Morgan fingerprint density at radius 2 is 2.33 bits per heavy atom. The van der Waals surface area contributed by atoms with Gasteiger partial charge in [0.2, 0.25) is 0 Å². The standard InChI is InChI=1S/C14H23N3O/c1-11(2)7-15-8-12-3-4-14(16-9-12)17-6-5-13(18)10-17/h3-4,9,11,13,15,18H,5-8,10H2,1-2H3. The molecule has 2 rings (SSSR count). The molecule has 2 N–H and O–H groups in total. The Labute approximate surface area is 109 Å². The maximum atomic E-state index is 9.50. The second-order valence-electron chi connectivity index (χ2n) is 5.44. The third kappa shape index (κ3) is 3.68. The van der Waals surface area contributed by atoms with Gasteiger partial charge in [-0.25, -0.2) is 4.98 Å². The van der Waals surface area contributed by atoms with Crippen molar-refractivity contribution in [3.05, 3.63) is 23.9 Å². The van der Waals surface area contributed by atoms with Crippen LogP contribution in [0.25, 0.3) is 0 Å². The van der Waals surface area contributed by atoms with Crippen molar-refractivity contribution in [3.8, 4) is 0 Å².